The predicted octanol–water partition coefficient (Wildman–Crippen LogP) is 3.12. The second-order valence-electron chi connectivity index (χ2n) is 5.13. The molecule has 0 aromatic heterocycles. The second kappa shape index (κ2) is 5.29. The van der Waals surface area contributed by atoms with Gasteiger partial charge in [0.2, 0.25) is 5.91 Å². The molecule has 2 N–H and O–H groups in total. The van der Waals surface area contributed by atoms with Crippen LogP contribution in [0.3, 0.4) is 0 Å². The van der Waals surface area contributed by atoms with Crippen molar-refractivity contribution in [2.24, 2.45) is 0 Å². The molecular weight excluding hydrogens is 248 g/mol. The summed E-state index contributed by atoms with van der Waals surface area (Å²) in [7, 11) is 0. The number of amides is 1. The minimum Gasteiger partial charge on any atom is -0.324 e. The standard InChI is InChI=1S/C14H19ClN2O/c1-10-5-6-11(9-12(10)15)17-13(18)14(2)7-3-4-8-16-14/h5-6,9,16H,3-4,7-8H2,1-2H3,(H,17,18). The van der Waals surface area contributed by atoms with Gasteiger partial charge in [-0.15, -0.1) is 0 Å². The van der Waals surface area contributed by atoms with Crippen molar-refractivity contribution in [1.82, 2.24) is 5.32 Å². The van der Waals surface area contributed by atoms with Gasteiger partial charge in [0, 0.05) is 10.7 Å². The van der Waals surface area contributed by atoms with Crippen molar-refractivity contribution in [2.75, 3.05) is 11.9 Å². The average molecular weight is 267 g/mol. The highest BCUT2D eigenvalue weighted by Crippen LogP contribution is 2.23. The molecule has 1 saturated heterocycles. The Kier molecular flexibility index (Phi) is 3.93. The van der Waals surface area contributed by atoms with E-state index in [1.807, 2.05) is 26.0 Å². The second-order valence-corrected chi connectivity index (χ2v) is 5.54. The number of hydrogen-bond acceptors (Lipinski definition) is 2. The van der Waals surface area contributed by atoms with Crippen LogP contribution < -0.4 is 10.6 Å². The molecule has 1 aromatic carbocycles. The first-order valence-electron chi connectivity index (χ1n) is 6.34. The Hall–Kier alpha value is -1.06. The van der Waals surface area contributed by atoms with Crippen molar-refractivity contribution in [2.45, 2.75) is 38.6 Å². The molecule has 1 fully saturated rings. The summed E-state index contributed by atoms with van der Waals surface area (Å²) in [6, 6.07) is 5.58. The van der Waals surface area contributed by atoms with E-state index in [0.29, 0.717) is 5.02 Å². The average Bonchev–Trinajstić information content (AvgIpc) is 2.35. The fraction of sp³-hybridized carbons (Fsp3) is 0.500. The third-order valence-electron chi connectivity index (χ3n) is 3.55. The summed E-state index contributed by atoms with van der Waals surface area (Å²) < 4.78 is 0. The number of benzene rings is 1. The molecule has 98 valence electrons. The van der Waals surface area contributed by atoms with Gasteiger partial charge in [-0.2, -0.15) is 0 Å². The van der Waals surface area contributed by atoms with Crippen LogP contribution in [-0.2, 0) is 4.79 Å². The Bertz CT molecular complexity index is 453. The van der Waals surface area contributed by atoms with Gasteiger partial charge in [-0.25, -0.2) is 0 Å². The SMILES string of the molecule is Cc1ccc(NC(=O)C2(C)CCCCN2)cc1Cl. The number of carbonyl (C=O) groups is 1. The van der Waals surface area contributed by atoms with Crippen LogP contribution in [0.4, 0.5) is 5.69 Å². The van der Waals surface area contributed by atoms with Gasteiger partial charge in [0.1, 0.15) is 0 Å². The lowest BCUT2D eigenvalue weighted by Gasteiger charge is -2.33. The summed E-state index contributed by atoms with van der Waals surface area (Å²) in [6.45, 7) is 4.80. The van der Waals surface area contributed by atoms with Crippen molar-refractivity contribution < 1.29 is 4.79 Å². The van der Waals surface area contributed by atoms with Crippen LogP contribution in [0.5, 0.6) is 0 Å². The van der Waals surface area contributed by atoms with Crippen molar-refractivity contribution in [3.63, 3.8) is 0 Å². The molecule has 1 amide bonds. The molecule has 1 aliphatic heterocycles. The normalized spacial score (nSPS) is 23.7. The van der Waals surface area contributed by atoms with Crippen molar-refractivity contribution in [3.8, 4) is 0 Å². The number of aryl methyl sites for hydroxylation is 1. The van der Waals surface area contributed by atoms with Crippen LogP contribution in [0.25, 0.3) is 0 Å². The van der Waals surface area contributed by atoms with Gasteiger partial charge in [-0.05, 0) is 57.4 Å². The topological polar surface area (TPSA) is 41.1 Å². The molecule has 1 heterocycles. The molecule has 18 heavy (non-hydrogen) atoms. The van der Waals surface area contributed by atoms with E-state index in [2.05, 4.69) is 10.6 Å². The van der Waals surface area contributed by atoms with Gasteiger partial charge in [0.25, 0.3) is 0 Å². The lowest BCUT2D eigenvalue weighted by atomic mass is 9.90. The summed E-state index contributed by atoms with van der Waals surface area (Å²) in [4.78, 5) is 12.3. The Balaban J connectivity index is 2.08. The molecule has 1 atom stereocenters. The monoisotopic (exact) mass is 266 g/mol. The maximum absolute atomic E-state index is 12.3. The summed E-state index contributed by atoms with van der Waals surface area (Å²) >= 11 is 6.05. The van der Waals surface area contributed by atoms with E-state index < -0.39 is 5.54 Å². The summed E-state index contributed by atoms with van der Waals surface area (Å²) in [5, 5.41) is 6.91. The Morgan fingerprint density at radius 1 is 1.44 bits per heavy atom. The van der Waals surface area contributed by atoms with Gasteiger partial charge in [-0.3, -0.25) is 4.79 Å². The third kappa shape index (κ3) is 2.85. The Labute approximate surface area is 113 Å². The number of carbonyl (C=O) groups excluding carboxylic acids is 1. The zero-order valence-electron chi connectivity index (χ0n) is 10.8. The molecular formula is C14H19ClN2O. The van der Waals surface area contributed by atoms with E-state index in [9.17, 15) is 4.79 Å². The van der Waals surface area contributed by atoms with E-state index in [0.717, 1.165) is 37.1 Å². The molecule has 1 aromatic rings. The first-order valence-corrected chi connectivity index (χ1v) is 6.72. The number of piperidine rings is 1. The lowest BCUT2D eigenvalue weighted by molar-refractivity contribution is -0.122. The molecule has 1 aliphatic rings. The largest absolute Gasteiger partial charge is 0.324 e. The molecule has 2 rings (SSSR count). The maximum atomic E-state index is 12.3. The van der Waals surface area contributed by atoms with Crippen LogP contribution in [0.15, 0.2) is 18.2 Å². The fourth-order valence-electron chi connectivity index (χ4n) is 2.19. The van der Waals surface area contributed by atoms with Gasteiger partial charge < -0.3 is 10.6 Å². The zero-order valence-corrected chi connectivity index (χ0v) is 11.6. The maximum Gasteiger partial charge on any atom is 0.244 e. The number of anilines is 1. The molecule has 1 unspecified atom stereocenters. The van der Waals surface area contributed by atoms with E-state index in [1.54, 1.807) is 6.07 Å². The van der Waals surface area contributed by atoms with Gasteiger partial charge in [0.05, 0.1) is 5.54 Å². The minimum absolute atomic E-state index is 0.0159. The Morgan fingerprint density at radius 3 is 2.83 bits per heavy atom. The molecule has 4 heteroatoms. The van der Waals surface area contributed by atoms with E-state index in [1.165, 1.54) is 0 Å². The van der Waals surface area contributed by atoms with Crippen molar-refractivity contribution in [3.05, 3.63) is 28.8 Å². The van der Waals surface area contributed by atoms with Gasteiger partial charge in [0.15, 0.2) is 0 Å². The summed E-state index contributed by atoms with van der Waals surface area (Å²) in [5.41, 5.74) is 1.30. The molecule has 0 saturated carbocycles. The number of rotatable bonds is 2. The number of hydrogen-bond donors (Lipinski definition) is 2. The summed E-state index contributed by atoms with van der Waals surface area (Å²) in [5.74, 6) is 0.0159. The zero-order chi connectivity index (χ0) is 13.2. The highest BCUT2D eigenvalue weighted by Gasteiger charge is 2.34. The van der Waals surface area contributed by atoms with E-state index in [4.69, 9.17) is 11.6 Å². The van der Waals surface area contributed by atoms with E-state index in [-0.39, 0.29) is 5.91 Å². The quantitative estimate of drug-likeness (QED) is 0.864. The van der Waals surface area contributed by atoms with Gasteiger partial charge >= 0.3 is 0 Å². The van der Waals surface area contributed by atoms with Crippen molar-refractivity contribution in [1.29, 1.82) is 0 Å². The van der Waals surface area contributed by atoms with Crippen LogP contribution in [-0.4, -0.2) is 18.0 Å². The predicted molar refractivity (Wildman–Crippen MR) is 75.1 cm³/mol. The van der Waals surface area contributed by atoms with E-state index >= 15 is 0 Å². The van der Waals surface area contributed by atoms with Crippen LogP contribution >= 0.6 is 11.6 Å². The molecule has 0 bridgehead atoms. The highest BCUT2D eigenvalue weighted by atomic mass is 35.5. The third-order valence-corrected chi connectivity index (χ3v) is 3.96. The minimum atomic E-state index is -0.463. The molecule has 3 nitrogen and oxygen atoms in total. The van der Waals surface area contributed by atoms with Crippen LogP contribution in [0, 0.1) is 6.92 Å². The Morgan fingerprint density at radius 2 is 2.22 bits per heavy atom. The number of nitrogens with one attached hydrogen (secondary N) is 2. The van der Waals surface area contributed by atoms with Crippen molar-refractivity contribution >= 4 is 23.2 Å². The number of halogens is 1. The molecule has 0 spiro atoms. The lowest BCUT2D eigenvalue weighted by Crippen LogP contribution is -2.54. The smallest absolute Gasteiger partial charge is 0.244 e. The van der Waals surface area contributed by atoms with Crippen LogP contribution in [0.1, 0.15) is 31.7 Å². The fourth-order valence-corrected chi connectivity index (χ4v) is 2.37. The van der Waals surface area contributed by atoms with Gasteiger partial charge in [-0.1, -0.05) is 17.7 Å². The summed E-state index contributed by atoms with van der Waals surface area (Å²) in [6.07, 6.45) is 3.10. The molecule has 0 radical (unpaired) electrons. The highest BCUT2D eigenvalue weighted by molar-refractivity contribution is 6.31. The van der Waals surface area contributed by atoms with Crippen LogP contribution in [0.2, 0.25) is 5.02 Å². The molecule has 0 aliphatic carbocycles. The first-order chi connectivity index (χ1) is 8.51. The first kappa shape index (κ1) is 13.4.